The van der Waals surface area contributed by atoms with E-state index in [-0.39, 0.29) is 11.7 Å². The molecule has 0 unspecified atom stereocenters. The second-order valence-corrected chi connectivity index (χ2v) is 5.30. The van der Waals surface area contributed by atoms with Crippen molar-refractivity contribution < 1.29 is 9.18 Å². The number of amides is 1. The molecule has 7 nitrogen and oxygen atoms in total. The molecule has 1 aliphatic rings. The van der Waals surface area contributed by atoms with Gasteiger partial charge >= 0.3 is 0 Å². The number of aromatic nitrogens is 3. The van der Waals surface area contributed by atoms with E-state index >= 15 is 0 Å². The highest BCUT2D eigenvalue weighted by Gasteiger charge is 2.15. The molecule has 1 amide bonds. The van der Waals surface area contributed by atoms with Gasteiger partial charge in [-0.05, 0) is 30.3 Å². The molecule has 1 aromatic carbocycles. The number of benzene rings is 1. The minimum atomic E-state index is -0.399. The summed E-state index contributed by atoms with van der Waals surface area (Å²) in [6, 6.07) is 9.77. The summed E-state index contributed by atoms with van der Waals surface area (Å²) in [7, 11) is 0. The number of halogens is 1. The molecule has 3 heterocycles. The van der Waals surface area contributed by atoms with Gasteiger partial charge < -0.3 is 10.6 Å². The SMILES string of the molecule is O=C(Nc1cnc2ccc(-c3ccccc3F)nn12)C1=NCC=CN1. The maximum atomic E-state index is 14.0. The molecule has 4 rings (SSSR count). The lowest BCUT2D eigenvalue weighted by atomic mass is 10.1. The first-order chi connectivity index (χ1) is 12.2. The first kappa shape index (κ1) is 15.0. The van der Waals surface area contributed by atoms with Gasteiger partial charge in [-0.25, -0.2) is 9.37 Å². The monoisotopic (exact) mass is 336 g/mol. The number of fused-ring (bicyclic) bond motifs is 1. The van der Waals surface area contributed by atoms with Gasteiger partial charge in [-0.15, -0.1) is 0 Å². The Bertz CT molecular complexity index is 1020. The van der Waals surface area contributed by atoms with E-state index in [1.54, 1.807) is 42.6 Å². The van der Waals surface area contributed by atoms with E-state index in [9.17, 15) is 9.18 Å². The van der Waals surface area contributed by atoms with E-state index in [0.29, 0.717) is 29.3 Å². The van der Waals surface area contributed by atoms with Gasteiger partial charge in [0.15, 0.2) is 17.3 Å². The predicted octanol–water partition coefficient (Wildman–Crippen LogP) is 1.99. The number of imidazole rings is 1. The van der Waals surface area contributed by atoms with Crippen LogP contribution in [0.25, 0.3) is 16.9 Å². The zero-order chi connectivity index (χ0) is 17.2. The Labute approximate surface area is 141 Å². The molecule has 8 heteroatoms. The molecule has 0 radical (unpaired) electrons. The summed E-state index contributed by atoms with van der Waals surface area (Å²) < 4.78 is 15.4. The van der Waals surface area contributed by atoms with Crippen LogP contribution in [-0.4, -0.2) is 32.9 Å². The fourth-order valence-corrected chi connectivity index (χ4v) is 2.46. The summed E-state index contributed by atoms with van der Waals surface area (Å²) in [5, 5.41) is 9.88. The quantitative estimate of drug-likeness (QED) is 0.766. The van der Waals surface area contributed by atoms with E-state index in [2.05, 4.69) is 25.7 Å². The van der Waals surface area contributed by atoms with Gasteiger partial charge in [0.25, 0.3) is 5.91 Å². The van der Waals surface area contributed by atoms with Crippen LogP contribution in [0.15, 0.2) is 59.9 Å². The lowest BCUT2D eigenvalue weighted by Gasteiger charge is -2.10. The van der Waals surface area contributed by atoms with E-state index < -0.39 is 5.91 Å². The molecule has 124 valence electrons. The number of anilines is 1. The van der Waals surface area contributed by atoms with Crippen molar-refractivity contribution in [2.45, 2.75) is 0 Å². The maximum Gasteiger partial charge on any atom is 0.292 e. The van der Waals surface area contributed by atoms with Crippen molar-refractivity contribution in [3.8, 4) is 11.3 Å². The summed E-state index contributed by atoms with van der Waals surface area (Å²) in [6.07, 6.45) is 4.95. The minimum Gasteiger partial charge on any atom is -0.343 e. The number of rotatable bonds is 3. The third kappa shape index (κ3) is 2.85. The standard InChI is InChI=1S/C17H13FN6O/c18-12-5-2-1-4-11(12)13-6-7-14-21-10-15(24(14)23-13)22-17(25)16-19-8-3-9-20-16/h1-8,10H,9H2,(H,19,20)(H,22,25). The van der Waals surface area contributed by atoms with Crippen LogP contribution in [0.4, 0.5) is 10.2 Å². The maximum absolute atomic E-state index is 14.0. The molecular weight excluding hydrogens is 323 g/mol. The normalized spacial score (nSPS) is 13.4. The molecular formula is C17H13FN6O. The number of carbonyl (C=O) groups excluding carboxylic acids is 1. The highest BCUT2D eigenvalue weighted by atomic mass is 19.1. The molecule has 0 spiro atoms. The molecule has 2 N–H and O–H groups in total. The Morgan fingerprint density at radius 1 is 1.24 bits per heavy atom. The van der Waals surface area contributed by atoms with Crippen molar-refractivity contribution in [1.29, 1.82) is 0 Å². The third-order valence-electron chi connectivity index (χ3n) is 3.66. The first-order valence-electron chi connectivity index (χ1n) is 7.59. The van der Waals surface area contributed by atoms with Gasteiger partial charge in [0.2, 0.25) is 0 Å². The van der Waals surface area contributed by atoms with Crippen LogP contribution < -0.4 is 10.6 Å². The second kappa shape index (κ2) is 6.16. The number of carbonyl (C=O) groups is 1. The van der Waals surface area contributed by atoms with E-state index in [4.69, 9.17) is 0 Å². The number of aliphatic imine (C=N–C) groups is 1. The van der Waals surface area contributed by atoms with Crippen molar-refractivity contribution in [2.75, 3.05) is 11.9 Å². The molecule has 25 heavy (non-hydrogen) atoms. The highest BCUT2D eigenvalue weighted by molar-refractivity contribution is 6.42. The Morgan fingerprint density at radius 3 is 2.92 bits per heavy atom. The average Bonchev–Trinajstić information content (AvgIpc) is 3.05. The molecule has 0 fully saturated rings. The lowest BCUT2D eigenvalue weighted by molar-refractivity contribution is -0.110. The fraction of sp³-hybridized carbons (Fsp3) is 0.0588. The summed E-state index contributed by atoms with van der Waals surface area (Å²) in [4.78, 5) is 20.5. The van der Waals surface area contributed by atoms with Crippen LogP contribution in [-0.2, 0) is 4.79 Å². The topological polar surface area (TPSA) is 83.7 Å². The third-order valence-corrected chi connectivity index (χ3v) is 3.66. The van der Waals surface area contributed by atoms with Crippen molar-refractivity contribution in [3.63, 3.8) is 0 Å². The number of hydrogen-bond acceptors (Lipinski definition) is 5. The molecule has 0 saturated heterocycles. The molecule has 0 atom stereocenters. The van der Waals surface area contributed by atoms with Crippen molar-refractivity contribution in [3.05, 3.63) is 60.7 Å². The molecule has 0 bridgehead atoms. The van der Waals surface area contributed by atoms with Crippen molar-refractivity contribution >= 4 is 23.2 Å². The Kier molecular flexibility index (Phi) is 3.70. The Hall–Kier alpha value is -3.55. The molecule has 3 aromatic rings. The Balaban J connectivity index is 1.68. The van der Waals surface area contributed by atoms with Gasteiger partial charge in [0.1, 0.15) is 5.82 Å². The van der Waals surface area contributed by atoms with Gasteiger partial charge in [-0.2, -0.15) is 9.61 Å². The smallest absolute Gasteiger partial charge is 0.292 e. The van der Waals surface area contributed by atoms with E-state index in [1.807, 2.05) is 0 Å². The van der Waals surface area contributed by atoms with Crippen LogP contribution in [0, 0.1) is 5.82 Å². The van der Waals surface area contributed by atoms with E-state index in [0.717, 1.165) is 0 Å². The Morgan fingerprint density at radius 2 is 2.12 bits per heavy atom. The fourth-order valence-electron chi connectivity index (χ4n) is 2.46. The van der Waals surface area contributed by atoms with Crippen LogP contribution >= 0.6 is 0 Å². The van der Waals surface area contributed by atoms with E-state index in [1.165, 1.54) is 16.8 Å². The summed E-state index contributed by atoms with van der Waals surface area (Å²) in [5.41, 5.74) is 1.35. The summed E-state index contributed by atoms with van der Waals surface area (Å²) in [5.74, 6) is -0.184. The van der Waals surface area contributed by atoms with Crippen LogP contribution in [0.1, 0.15) is 0 Å². The number of amidine groups is 1. The summed E-state index contributed by atoms with van der Waals surface area (Å²) in [6.45, 7) is 0.443. The minimum absolute atomic E-state index is 0.211. The first-order valence-corrected chi connectivity index (χ1v) is 7.59. The number of nitrogens with one attached hydrogen (secondary N) is 2. The molecule has 2 aromatic heterocycles. The van der Waals surface area contributed by atoms with Crippen molar-refractivity contribution in [1.82, 2.24) is 19.9 Å². The van der Waals surface area contributed by atoms with Crippen molar-refractivity contribution in [2.24, 2.45) is 4.99 Å². The zero-order valence-corrected chi connectivity index (χ0v) is 13.0. The number of nitrogens with zero attached hydrogens (tertiary/aromatic N) is 4. The molecule has 0 saturated carbocycles. The molecule has 0 aliphatic carbocycles. The van der Waals surface area contributed by atoms with Crippen LogP contribution in [0.3, 0.4) is 0 Å². The van der Waals surface area contributed by atoms with Gasteiger partial charge in [-0.3, -0.25) is 9.79 Å². The number of hydrogen-bond donors (Lipinski definition) is 2. The lowest BCUT2D eigenvalue weighted by Crippen LogP contribution is -2.34. The largest absolute Gasteiger partial charge is 0.343 e. The second-order valence-electron chi connectivity index (χ2n) is 5.30. The summed E-state index contributed by atoms with van der Waals surface area (Å²) >= 11 is 0. The van der Waals surface area contributed by atoms with Gasteiger partial charge in [-0.1, -0.05) is 12.1 Å². The molecule has 1 aliphatic heterocycles. The zero-order valence-electron chi connectivity index (χ0n) is 13.0. The van der Waals surface area contributed by atoms with Gasteiger partial charge in [0.05, 0.1) is 18.4 Å². The van der Waals surface area contributed by atoms with Crippen LogP contribution in [0.2, 0.25) is 0 Å². The highest BCUT2D eigenvalue weighted by Crippen LogP contribution is 2.21. The van der Waals surface area contributed by atoms with Crippen LogP contribution in [0.5, 0.6) is 0 Å². The average molecular weight is 336 g/mol. The predicted molar refractivity (Wildman–Crippen MR) is 91.6 cm³/mol. The van der Waals surface area contributed by atoms with Gasteiger partial charge in [0, 0.05) is 11.8 Å².